The number of alkyl halides is 2. The van der Waals surface area contributed by atoms with Crippen LogP contribution < -0.4 is 0 Å². The zero-order chi connectivity index (χ0) is 10.8. The van der Waals surface area contributed by atoms with Gasteiger partial charge in [-0.2, -0.15) is 0 Å². The largest absolute Gasteiger partial charge is 0.386 e. The second-order valence-electron chi connectivity index (χ2n) is 3.44. The van der Waals surface area contributed by atoms with E-state index in [0.717, 1.165) is 0 Å². The lowest BCUT2D eigenvalue weighted by molar-refractivity contribution is -0.102. The van der Waals surface area contributed by atoms with Gasteiger partial charge in [-0.05, 0) is 12.1 Å². The third-order valence-corrected chi connectivity index (χ3v) is 2.15. The first kappa shape index (κ1) is 11.0. The number of hydrogen-bond donors (Lipinski definition) is 1. The molecule has 1 N–H and O–H groups in total. The second kappa shape index (κ2) is 4.00. The van der Waals surface area contributed by atoms with Crippen molar-refractivity contribution in [1.82, 2.24) is 4.98 Å². The van der Waals surface area contributed by atoms with Crippen molar-refractivity contribution in [3.63, 3.8) is 0 Å². The molecule has 0 saturated carbocycles. The molecule has 0 aliphatic carbocycles. The molecule has 1 heterocycles. The summed E-state index contributed by atoms with van der Waals surface area (Å²) in [6, 6.07) is 5.03. The number of pyridine rings is 1. The van der Waals surface area contributed by atoms with Gasteiger partial charge in [0.15, 0.2) is 0 Å². The Hall–Kier alpha value is -1.03. The molecule has 1 aromatic rings. The van der Waals surface area contributed by atoms with Gasteiger partial charge in [-0.3, -0.25) is 4.98 Å². The van der Waals surface area contributed by atoms with Gasteiger partial charge in [0.25, 0.3) is 5.92 Å². The molecule has 1 rings (SSSR count). The molecule has 0 radical (unpaired) electrons. The summed E-state index contributed by atoms with van der Waals surface area (Å²) in [4.78, 5) is 3.92. The molecule has 0 fully saturated rings. The average Bonchev–Trinajstić information content (AvgIpc) is 2.15. The van der Waals surface area contributed by atoms with Crippen molar-refractivity contribution >= 4 is 0 Å². The van der Waals surface area contributed by atoms with E-state index in [0.29, 0.717) is 12.6 Å². The normalized spacial score (nSPS) is 16.4. The minimum atomic E-state index is -3.10. The van der Waals surface area contributed by atoms with Crippen molar-refractivity contribution in [3.8, 4) is 0 Å². The molecule has 0 aliphatic heterocycles. The summed E-state index contributed by atoms with van der Waals surface area (Å²) in [5, 5.41) is 9.32. The van der Waals surface area contributed by atoms with Gasteiger partial charge >= 0.3 is 0 Å². The molecule has 0 aromatic carbocycles. The van der Waals surface area contributed by atoms with Crippen LogP contribution in [-0.2, 0) is 0 Å². The van der Waals surface area contributed by atoms with Crippen LogP contribution in [0.1, 0.15) is 25.5 Å². The predicted molar refractivity (Wildman–Crippen MR) is 49.3 cm³/mol. The van der Waals surface area contributed by atoms with Crippen molar-refractivity contribution in [2.45, 2.75) is 31.8 Å². The maximum absolute atomic E-state index is 12.8. The standard InChI is InChI=1S/C10H13F2NO/c1-7(9(14)10(2,11)12)8-5-3-4-6-13-8/h3-7,9,14H,1-2H3. The molecule has 2 nitrogen and oxygen atoms in total. The fourth-order valence-corrected chi connectivity index (χ4v) is 1.25. The lowest BCUT2D eigenvalue weighted by atomic mass is 9.96. The monoisotopic (exact) mass is 201 g/mol. The Balaban J connectivity index is 2.81. The molecular formula is C10H13F2NO. The predicted octanol–water partition coefficient (Wildman–Crippen LogP) is 2.20. The van der Waals surface area contributed by atoms with E-state index < -0.39 is 17.9 Å². The number of hydrogen-bond acceptors (Lipinski definition) is 2. The van der Waals surface area contributed by atoms with E-state index in [1.807, 2.05) is 0 Å². The molecule has 4 heteroatoms. The molecule has 2 unspecified atom stereocenters. The van der Waals surface area contributed by atoms with Crippen LogP contribution in [0.5, 0.6) is 0 Å². The first-order valence-electron chi connectivity index (χ1n) is 4.39. The third kappa shape index (κ3) is 2.48. The summed E-state index contributed by atoms with van der Waals surface area (Å²) in [5.74, 6) is -3.77. The lowest BCUT2D eigenvalue weighted by Crippen LogP contribution is -2.34. The number of aliphatic hydroxyl groups is 1. The zero-order valence-corrected chi connectivity index (χ0v) is 8.11. The summed E-state index contributed by atoms with van der Waals surface area (Å²) in [5.41, 5.74) is 0.474. The molecule has 0 amide bonds. The van der Waals surface area contributed by atoms with Gasteiger partial charge in [-0.15, -0.1) is 0 Å². The van der Waals surface area contributed by atoms with E-state index in [1.54, 1.807) is 18.2 Å². The summed E-state index contributed by atoms with van der Waals surface area (Å²) >= 11 is 0. The Morgan fingerprint density at radius 1 is 1.43 bits per heavy atom. The number of halogens is 2. The fourth-order valence-electron chi connectivity index (χ4n) is 1.25. The highest BCUT2D eigenvalue weighted by Gasteiger charge is 2.37. The Kier molecular flexibility index (Phi) is 3.16. The maximum atomic E-state index is 12.8. The Labute approximate surface area is 81.6 Å². The summed E-state index contributed by atoms with van der Waals surface area (Å²) < 4.78 is 25.5. The van der Waals surface area contributed by atoms with Gasteiger partial charge in [-0.25, -0.2) is 8.78 Å². The Bertz CT molecular complexity index is 284. The Morgan fingerprint density at radius 3 is 2.50 bits per heavy atom. The van der Waals surface area contributed by atoms with Crippen molar-refractivity contribution in [2.75, 3.05) is 0 Å². The van der Waals surface area contributed by atoms with Gasteiger partial charge in [0.2, 0.25) is 0 Å². The zero-order valence-electron chi connectivity index (χ0n) is 8.11. The lowest BCUT2D eigenvalue weighted by Gasteiger charge is -2.23. The van der Waals surface area contributed by atoms with Crippen LogP contribution in [0.3, 0.4) is 0 Å². The topological polar surface area (TPSA) is 33.1 Å². The SMILES string of the molecule is CC(c1ccccn1)C(O)C(C)(F)F. The van der Waals surface area contributed by atoms with Crippen LogP contribution in [-0.4, -0.2) is 22.1 Å². The highest BCUT2D eigenvalue weighted by molar-refractivity contribution is 5.11. The fraction of sp³-hybridized carbons (Fsp3) is 0.500. The van der Waals surface area contributed by atoms with E-state index in [-0.39, 0.29) is 0 Å². The molecule has 0 saturated heterocycles. The number of aromatic nitrogens is 1. The molecule has 0 spiro atoms. The number of aliphatic hydroxyl groups excluding tert-OH is 1. The van der Waals surface area contributed by atoms with Crippen molar-refractivity contribution in [1.29, 1.82) is 0 Å². The van der Waals surface area contributed by atoms with E-state index in [4.69, 9.17) is 0 Å². The van der Waals surface area contributed by atoms with Crippen LogP contribution in [0.15, 0.2) is 24.4 Å². The van der Waals surface area contributed by atoms with Crippen LogP contribution in [0, 0.1) is 0 Å². The van der Waals surface area contributed by atoms with Gasteiger partial charge in [-0.1, -0.05) is 13.0 Å². The first-order chi connectivity index (χ1) is 6.43. The second-order valence-corrected chi connectivity index (χ2v) is 3.44. The smallest absolute Gasteiger partial charge is 0.271 e. The van der Waals surface area contributed by atoms with Crippen LogP contribution in [0.25, 0.3) is 0 Å². The Morgan fingerprint density at radius 2 is 2.07 bits per heavy atom. The molecular weight excluding hydrogens is 188 g/mol. The molecule has 78 valence electrons. The van der Waals surface area contributed by atoms with E-state index in [1.165, 1.54) is 13.1 Å². The molecule has 1 aromatic heterocycles. The van der Waals surface area contributed by atoms with Crippen LogP contribution >= 0.6 is 0 Å². The highest BCUT2D eigenvalue weighted by atomic mass is 19.3. The molecule has 0 bridgehead atoms. The third-order valence-electron chi connectivity index (χ3n) is 2.15. The summed E-state index contributed by atoms with van der Waals surface area (Å²) in [6.45, 7) is 2.24. The van der Waals surface area contributed by atoms with Crippen LogP contribution in [0.4, 0.5) is 8.78 Å². The van der Waals surface area contributed by atoms with Gasteiger partial charge < -0.3 is 5.11 Å². The minimum Gasteiger partial charge on any atom is -0.386 e. The maximum Gasteiger partial charge on any atom is 0.271 e. The van der Waals surface area contributed by atoms with Gasteiger partial charge in [0.1, 0.15) is 6.10 Å². The van der Waals surface area contributed by atoms with E-state index in [9.17, 15) is 13.9 Å². The van der Waals surface area contributed by atoms with Crippen LogP contribution in [0.2, 0.25) is 0 Å². The number of rotatable bonds is 3. The average molecular weight is 201 g/mol. The quantitative estimate of drug-likeness (QED) is 0.813. The van der Waals surface area contributed by atoms with E-state index >= 15 is 0 Å². The summed E-state index contributed by atoms with van der Waals surface area (Å²) in [7, 11) is 0. The first-order valence-corrected chi connectivity index (χ1v) is 4.39. The van der Waals surface area contributed by atoms with Crippen molar-refractivity contribution < 1.29 is 13.9 Å². The molecule has 0 aliphatic rings. The number of nitrogens with zero attached hydrogens (tertiary/aromatic N) is 1. The molecule has 14 heavy (non-hydrogen) atoms. The van der Waals surface area contributed by atoms with Gasteiger partial charge in [0.05, 0.1) is 0 Å². The minimum absolute atomic E-state index is 0.474. The summed E-state index contributed by atoms with van der Waals surface area (Å²) in [6.07, 6.45) is -0.177. The molecule has 2 atom stereocenters. The highest BCUT2D eigenvalue weighted by Crippen LogP contribution is 2.28. The van der Waals surface area contributed by atoms with Gasteiger partial charge in [0, 0.05) is 24.7 Å². The van der Waals surface area contributed by atoms with E-state index in [2.05, 4.69) is 4.98 Å². The van der Waals surface area contributed by atoms with Crippen molar-refractivity contribution in [3.05, 3.63) is 30.1 Å². The van der Waals surface area contributed by atoms with Crippen molar-refractivity contribution in [2.24, 2.45) is 0 Å².